The second-order valence-electron chi connectivity index (χ2n) is 14.1. The maximum atomic E-state index is 11.2. The Morgan fingerprint density at radius 3 is 1.03 bits per heavy atom. The first-order valence-electron chi connectivity index (χ1n) is 20.2. The second-order valence-corrected chi connectivity index (χ2v) is 18.9. The third-order valence-electron chi connectivity index (χ3n) is 8.54. The van der Waals surface area contributed by atoms with E-state index in [2.05, 4.69) is 39.2 Å². The number of benzene rings is 1. The Kier molecular flexibility index (Phi) is 33.5. The summed E-state index contributed by atoms with van der Waals surface area (Å²) < 4.78 is 71.9. The fraction of sp³-hybridized carbons (Fsp3) is 0.842. The average molecular weight is 870 g/mol. The lowest BCUT2D eigenvalue weighted by atomic mass is 10.2. The van der Waals surface area contributed by atoms with E-state index in [1.54, 1.807) is 0 Å². The molecular weight excluding hydrogens is 799 g/mol. The van der Waals surface area contributed by atoms with Crippen LogP contribution in [0.3, 0.4) is 0 Å². The lowest BCUT2D eigenvalue weighted by molar-refractivity contribution is -0.393. The topological polar surface area (TPSA) is 218 Å². The van der Waals surface area contributed by atoms with Crippen molar-refractivity contribution in [2.45, 2.75) is 38.9 Å². The van der Waals surface area contributed by atoms with E-state index in [1.165, 1.54) is 12.1 Å². The second kappa shape index (κ2) is 36.2. The maximum absolute atomic E-state index is 11.2. The molecule has 20 nitrogen and oxygen atoms in total. The average Bonchev–Trinajstić information content (AvgIpc) is 3.19. The molecule has 0 spiro atoms. The molecule has 1 aromatic rings. The quantitative estimate of drug-likeness (QED) is 0.0422. The largest absolute Gasteiger partial charge is 0.414 e. The Hall–Kier alpha value is -2.48. The highest BCUT2D eigenvalue weighted by Gasteiger charge is 2.36. The molecule has 1 N–H and O–H groups in total. The van der Waals surface area contributed by atoms with Gasteiger partial charge in [0.2, 0.25) is 0 Å². The number of hydrogen-bond acceptors (Lipinski definition) is 18. The molecular formula is C38H71N3O17Si. The van der Waals surface area contributed by atoms with Crippen LogP contribution in [0.4, 0.5) is 17.1 Å². The van der Waals surface area contributed by atoms with Gasteiger partial charge >= 0.3 is 0 Å². The fourth-order valence-electron chi connectivity index (χ4n) is 4.29. The predicted octanol–water partition coefficient (Wildman–Crippen LogP) is 4.14. The van der Waals surface area contributed by atoms with Crippen molar-refractivity contribution >= 4 is 25.4 Å². The molecule has 21 heteroatoms. The van der Waals surface area contributed by atoms with Gasteiger partial charge in [-0.25, -0.2) is 0 Å². The van der Waals surface area contributed by atoms with Crippen molar-refractivity contribution in [3.8, 4) is 0 Å². The number of nitrogens with one attached hydrogen (secondary N) is 1. The van der Waals surface area contributed by atoms with Crippen molar-refractivity contribution in [1.82, 2.24) is 0 Å². The highest BCUT2D eigenvalue weighted by molar-refractivity contribution is 6.74. The minimum Gasteiger partial charge on any atom is -0.414 e. The monoisotopic (exact) mass is 869 g/mol. The van der Waals surface area contributed by atoms with E-state index in [1.807, 2.05) is 0 Å². The molecule has 0 aromatic heterocycles. The van der Waals surface area contributed by atoms with Gasteiger partial charge in [0.15, 0.2) is 8.32 Å². The molecule has 0 aliphatic heterocycles. The van der Waals surface area contributed by atoms with Crippen LogP contribution in [0.2, 0.25) is 18.1 Å². The SMILES string of the molecule is CC(C)(C)[Si](C)(C)OCCOCCOCCOCCOCCOCCOCCOCCOCCOCCOCCOCCOCCNc1ccc([N+](=O)[O-])cc1[N+](=O)[O-]. The van der Waals surface area contributed by atoms with Gasteiger partial charge in [-0.3, -0.25) is 20.2 Å². The van der Waals surface area contributed by atoms with E-state index in [9.17, 15) is 20.2 Å². The van der Waals surface area contributed by atoms with E-state index in [-0.39, 0.29) is 35.3 Å². The number of non-ortho nitro benzene ring substituents is 1. The molecule has 0 atom stereocenters. The first kappa shape index (κ1) is 54.5. The van der Waals surface area contributed by atoms with Crippen molar-refractivity contribution in [3.63, 3.8) is 0 Å². The summed E-state index contributed by atoms with van der Waals surface area (Å²) in [7, 11) is -1.71. The molecule has 1 aromatic carbocycles. The Morgan fingerprint density at radius 2 is 0.763 bits per heavy atom. The molecule has 0 bridgehead atoms. The highest BCUT2D eigenvalue weighted by Crippen LogP contribution is 2.36. The van der Waals surface area contributed by atoms with Gasteiger partial charge in [0.05, 0.1) is 181 Å². The van der Waals surface area contributed by atoms with Crippen LogP contribution >= 0.6 is 0 Å². The molecule has 1 rings (SSSR count). The van der Waals surface area contributed by atoms with Gasteiger partial charge in [-0.15, -0.1) is 0 Å². The summed E-state index contributed by atoms with van der Waals surface area (Å²) in [5.74, 6) is 0. The zero-order chi connectivity index (χ0) is 43.3. The molecule has 0 heterocycles. The van der Waals surface area contributed by atoms with Crippen molar-refractivity contribution in [3.05, 3.63) is 38.4 Å². The zero-order valence-electron chi connectivity index (χ0n) is 36.0. The Labute approximate surface area is 350 Å². The standard InChI is InChI=1S/C38H71N3O17Si/c1-38(2,3)59(4,5)58-33-32-57-31-30-56-29-28-55-27-26-54-25-24-53-23-22-52-21-20-51-19-18-50-17-16-49-15-14-48-13-12-47-11-10-46-9-8-39-36-7-6-35(40(42)43)34-37(36)41(44)45/h6-7,34,39H,8-33H2,1-5H3. The van der Waals surface area contributed by atoms with Crippen LogP contribution in [-0.4, -0.2) is 190 Å². The van der Waals surface area contributed by atoms with Crippen molar-refractivity contribution in [2.24, 2.45) is 0 Å². The number of nitro benzene ring substituents is 2. The van der Waals surface area contributed by atoms with Gasteiger partial charge in [-0.05, 0) is 24.2 Å². The van der Waals surface area contributed by atoms with Gasteiger partial charge in [-0.1, -0.05) is 20.8 Å². The Balaban J connectivity index is 1.70. The number of rotatable bonds is 43. The van der Waals surface area contributed by atoms with Crippen molar-refractivity contribution in [1.29, 1.82) is 0 Å². The van der Waals surface area contributed by atoms with Crippen molar-refractivity contribution in [2.75, 3.05) is 177 Å². The summed E-state index contributed by atoms with van der Waals surface area (Å²) in [6, 6.07) is 3.43. The minimum atomic E-state index is -1.71. The van der Waals surface area contributed by atoms with Crippen LogP contribution < -0.4 is 5.32 Å². The molecule has 0 fully saturated rings. The Morgan fingerprint density at radius 1 is 0.475 bits per heavy atom. The third-order valence-corrected chi connectivity index (χ3v) is 13.1. The molecule has 0 unspecified atom stereocenters. The van der Waals surface area contributed by atoms with Crippen molar-refractivity contribution < 1.29 is 71.1 Å². The summed E-state index contributed by atoms with van der Waals surface area (Å²) in [4.78, 5) is 20.6. The number of anilines is 1. The van der Waals surface area contributed by atoms with E-state index < -0.39 is 18.2 Å². The van der Waals surface area contributed by atoms with Gasteiger partial charge in [0.1, 0.15) is 5.69 Å². The smallest absolute Gasteiger partial charge is 0.299 e. The normalized spacial score (nSPS) is 12.0. The molecule has 59 heavy (non-hydrogen) atoms. The third kappa shape index (κ3) is 31.1. The Bertz CT molecular complexity index is 1180. The summed E-state index contributed by atoms with van der Waals surface area (Å²) in [6.07, 6.45) is 0. The van der Waals surface area contributed by atoms with E-state index in [0.29, 0.717) is 159 Å². The zero-order valence-corrected chi connectivity index (χ0v) is 37.0. The van der Waals surface area contributed by atoms with Crippen LogP contribution in [0.15, 0.2) is 18.2 Å². The molecule has 0 radical (unpaired) electrons. The molecule has 0 amide bonds. The molecule has 344 valence electrons. The molecule has 0 saturated carbocycles. The van der Waals surface area contributed by atoms with Gasteiger partial charge in [0, 0.05) is 12.6 Å². The van der Waals surface area contributed by atoms with Gasteiger partial charge in [-0.2, -0.15) is 0 Å². The summed E-state index contributed by atoms with van der Waals surface area (Å²) in [6.45, 7) is 23.1. The fourth-order valence-corrected chi connectivity index (χ4v) is 5.31. The van der Waals surface area contributed by atoms with Crippen LogP contribution in [0.1, 0.15) is 20.8 Å². The molecule has 0 aliphatic carbocycles. The van der Waals surface area contributed by atoms with Crippen LogP contribution in [0.25, 0.3) is 0 Å². The van der Waals surface area contributed by atoms with Gasteiger partial charge in [0.25, 0.3) is 11.4 Å². The first-order valence-corrected chi connectivity index (χ1v) is 23.1. The number of nitro groups is 2. The summed E-state index contributed by atoms with van der Waals surface area (Å²) in [5, 5.41) is 25.0. The lowest BCUT2D eigenvalue weighted by Crippen LogP contribution is -2.41. The summed E-state index contributed by atoms with van der Waals surface area (Å²) >= 11 is 0. The van der Waals surface area contributed by atoms with Gasteiger partial charge < -0.3 is 66.6 Å². The molecule has 0 aliphatic rings. The number of ether oxygens (including phenoxy) is 12. The van der Waals surface area contributed by atoms with Crippen LogP contribution in [-0.2, 0) is 61.3 Å². The maximum Gasteiger partial charge on any atom is 0.299 e. The number of nitrogens with zero attached hydrogens (tertiary/aromatic N) is 2. The molecule has 0 saturated heterocycles. The minimum absolute atomic E-state index is 0.184. The summed E-state index contributed by atoms with van der Waals surface area (Å²) in [5.41, 5.74) is -0.530. The predicted molar refractivity (Wildman–Crippen MR) is 221 cm³/mol. The van der Waals surface area contributed by atoms with E-state index in [4.69, 9.17) is 61.3 Å². The van der Waals surface area contributed by atoms with E-state index >= 15 is 0 Å². The first-order chi connectivity index (χ1) is 28.5. The van der Waals surface area contributed by atoms with E-state index in [0.717, 1.165) is 6.07 Å². The van der Waals surface area contributed by atoms with Crippen LogP contribution in [0.5, 0.6) is 0 Å². The number of hydrogen-bond donors (Lipinski definition) is 1. The highest BCUT2D eigenvalue weighted by atomic mass is 28.4. The lowest BCUT2D eigenvalue weighted by Gasteiger charge is -2.36. The van der Waals surface area contributed by atoms with Crippen LogP contribution in [0, 0.1) is 20.2 Å².